The SMILES string of the molecule is CCCC(NC(C)C(O)c1cccc(OC)c1)C(=O)O. The molecule has 0 radical (unpaired) electrons. The second-order valence-electron chi connectivity index (χ2n) is 4.86. The molecule has 0 aliphatic carbocycles. The minimum atomic E-state index is -0.892. The van der Waals surface area contributed by atoms with Gasteiger partial charge in [-0.05, 0) is 31.0 Å². The van der Waals surface area contributed by atoms with Crippen LogP contribution in [0.4, 0.5) is 0 Å². The number of hydrogen-bond acceptors (Lipinski definition) is 4. The molecule has 3 atom stereocenters. The fraction of sp³-hybridized carbons (Fsp3) is 0.533. The van der Waals surface area contributed by atoms with Crippen LogP contribution in [0.1, 0.15) is 38.4 Å². The molecule has 112 valence electrons. The summed E-state index contributed by atoms with van der Waals surface area (Å²) in [7, 11) is 1.56. The Labute approximate surface area is 119 Å². The molecule has 0 spiro atoms. The summed E-state index contributed by atoms with van der Waals surface area (Å²) in [5.74, 6) is -0.228. The lowest BCUT2D eigenvalue weighted by atomic mass is 10.0. The van der Waals surface area contributed by atoms with Crippen molar-refractivity contribution in [2.75, 3.05) is 7.11 Å². The Morgan fingerprint density at radius 2 is 2.15 bits per heavy atom. The molecule has 3 unspecified atom stereocenters. The lowest BCUT2D eigenvalue weighted by Crippen LogP contribution is -2.44. The third-order valence-electron chi connectivity index (χ3n) is 3.25. The number of methoxy groups -OCH3 is 1. The van der Waals surface area contributed by atoms with Crippen LogP contribution in [0.5, 0.6) is 5.75 Å². The van der Waals surface area contributed by atoms with E-state index in [1.54, 1.807) is 38.3 Å². The minimum absolute atomic E-state index is 0.366. The van der Waals surface area contributed by atoms with E-state index in [0.29, 0.717) is 17.7 Å². The van der Waals surface area contributed by atoms with Gasteiger partial charge in [-0.3, -0.25) is 10.1 Å². The Kier molecular flexibility index (Phi) is 6.48. The fourth-order valence-corrected chi connectivity index (χ4v) is 2.09. The van der Waals surface area contributed by atoms with Crippen molar-refractivity contribution in [3.05, 3.63) is 29.8 Å². The van der Waals surface area contributed by atoms with Gasteiger partial charge in [0.15, 0.2) is 0 Å². The second-order valence-corrected chi connectivity index (χ2v) is 4.86. The topological polar surface area (TPSA) is 78.8 Å². The molecule has 0 amide bonds. The summed E-state index contributed by atoms with van der Waals surface area (Å²) in [6, 6.07) is 6.13. The van der Waals surface area contributed by atoms with Crippen molar-refractivity contribution in [3.63, 3.8) is 0 Å². The van der Waals surface area contributed by atoms with Crippen LogP contribution >= 0.6 is 0 Å². The summed E-state index contributed by atoms with van der Waals surface area (Å²) in [4.78, 5) is 11.1. The van der Waals surface area contributed by atoms with Crippen molar-refractivity contribution in [2.45, 2.75) is 44.9 Å². The maximum absolute atomic E-state index is 11.1. The van der Waals surface area contributed by atoms with Gasteiger partial charge in [0.05, 0.1) is 13.2 Å². The molecule has 1 aromatic carbocycles. The summed E-state index contributed by atoms with van der Waals surface area (Å²) in [5, 5.41) is 22.4. The van der Waals surface area contributed by atoms with Gasteiger partial charge in [0.25, 0.3) is 0 Å². The van der Waals surface area contributed by atoms with Crippen LogP contribution in [0.25, 0.3) is 0 Å². The van der Waals surface area contributed by atoms with Crippen molar-refractivity contribution in [1.82, 2.24) is 5.32 Å². The average Bonchev–Trinajstić information content (AvgIpc) is 2.45. The first-order valence-corrected chi connectivity index (χ1v) is 6.80. The zero-order chi connectivity index (χ0) is 15.1. The summed E-state index contributed by atoms with van der Waals surface area (Å²) < 4.78 is 5.12. The average molecular weight is 281 g/mol. The molecule has 0 saturated carbocycles. The number of carboxylic acid groups (broad SMARTS) is 1. The van der Waals surface area contributed by atoms with E-state index in [0.717, 1.165) is 6.42 Å². The molecule has 0 aliphatic heterocycles. The summed E-state index contributed by atoms with van der Waals surface area (Å²) >= 11 is 0. The number of carbonyl (C=O) groups is 1. The number of benzene rings is 1. The quantitative estimate of drug-likeness (QED) is 0.679. The van der Waals surface area contributed by atoms with Gasteiger partial charge >= 0.3 is 5.97 Å². The third kappa shape index (κ3) is 4.51. The Hall–Kier alpha value is -1.59. The Morgan fingerprint density at radius 3 is 2.70 bits per heavy atom. The zero-order valence-electron chi connectivity index (χ0n) is 12.2. The predicted octanol–water partition coefficient (Wildman–Crippen LogP) is 1.96. The van der Waals surface area contributed by atoms with Gasteiger partial charge in [0, 0.05) is 6.04 Å². The molecule has 0 heterocycles. The number of hydrogen-bond donors (Lipinski definition) is 3. The fourth-order valence-electron chi connectivity index (χ4n) is 2.09. The van der Waals surface area contributed by atoms with Gasteiger partial charge in [0.2, 0.25) is 0 Å². The number of ether oxygens (including phenoxy) is 1. The second kappa shape index (κ2) is 7.87. The first-order chi connectivity index (χ1) is 9.49. The first kappa shape index (κ1) is 16.5. The van der Waals surface area contributed by atoms with Crippen molar-refractivity contribution in [3.8, 4) is 5.75 Å². The van der Waals surface area contributed by atoms with E-state index in [2.05, 4.69) is 5.32 Å². The molecule has 0 fully saturated rings. The van der Waals surface area contributed by atoms with E-state index in [9.17, 15) is 9.90 Å². The monoisotopic (exact) mass is 281 g/mol. The van der Waals surface area contributed by atoms with Crippen LogP contribution in [0, 0.1) is 0 Å². The van der Waals surface area contributed by atoms with Crippen molar-refractivity contribution in [1.29, 1.82) is 0 Å². The molecule has 0 saturated heterocycles. The molecule has 0 bridgehead atoms. The maximum atomic E-state index is 11.1. The summed E-state index contributed by atoms with van der Waals surface area (Å²) in [5.41, 5.74) is 0.699. The standard InChI is InChI=1S/C15H23NO4/c1-4-6-13(15(18)19)16-10(2)14(17)11-7-5-8-12(9-11)20-3/h5,7-10,13-14,16-17H,4,6H2,1-3H3,(H,18,19). The number of aliphatic carboxylic acids is 1. The van der Waals surface area contributed by atoms with Crippen molar-refractivity contribution < 1.29 is 19.7 Å². The van der Waals surface area contributed by atoms with Crippen LogP contribution in [0.15, 0.2) is 24.3 Å². The van der Waals surface area contributed by atoms with Crippen molar-refractivity contribution >= 4 is 5.97 Å². The van der Waals surface area contributed by atoms with Crippen LogP contribution in [-0.2, 0) is 4.79 Å². The number of rotatable bonds is 8. The molecule has 20 heavy (non-hydrogen) atoms. The van der Waals surface area contributed by atoms with Gasteiger partial charge in [-0.15, -0.1) is 0 Å². The van der Waals surface area contributed by atoms with E-state index >= 15 is 0 Å². The molecule has 0 aliphatic rings. The lowest BCUT2D eigenvalue weighted by Gasteiger charge is -2.24. The molecule has 5 nitrogen and oxygen atoms in total. The van der Waals surface area contributed by atoms with Gasteiger partial charge < -0.3 is 14.9 Å². The minimum Gasteiger partial charge on any atom is -0.497 e. The lowest BCUT2D eigenvalue weighted by molar-refractivity contribution is -0.140. The molecule has 0 aromatic heterocycles. The van der Waals surface area contributed by atoms with Crippen LogP contribution in [0.3, 0.4) is 0 Å². The largest absolute Gasteiger partial charge is 0.497 e. The van der Waals surface area contributed by atoms with Crippen molar-refractivity contribution in [2.24, 2.45) is 0 Å². The van der Waals surface area contributed by atoms with Crippen LogP contribution < -0.4 is 10.1 Å². The highest BCUT2D eigenvalue weighted by atomic mass is 16.5. The van der Waals surface area contributed by atoms with Crippen LogP contribution in [0.2, 0.25) is 0 Å². The van der Waals surface area contributed by atoms with Gasteiger partial charge in [-0.1, -0.05) is 25.5 Å². The molecule has 1 rings (SSSR count). The maximum Gasteiger partial charge on any atom is 0.320 e. The van der Waals surface area contributed by atoms with E-state index in [1.807, 2.05) is 6.92 Å². The van der Waals surface area contributed by atoms with E-state index in [4.69, 9.17) is 9.84 Å². The normalized spacial score (nSPS) is 15.4. The number of aliphatic hydroxyl groups is 1. The van der Waals surface area contributed by atoms with E-state index in [-0.39, 0.29) is 6.04 Å². The molecule has 1 aromatic rings. The van der Waals surface area contributed by atoms with Gasteiger partial charge in [-0.25, -0.2) is 0 Å². The third-order valence-corrected chi connectivity index (χ3v) is 3.25. The zero-order valence-corrected chi connectivity index (χ0v) is 12.2. The van der Waals surface area contributed by atoms with Gasteiger partial charge in [0.1, 0.15) is 11.8 Å². The first-order valence-electron chi connectivity index (χ1n) is 6.80. The molecular formula is C15H23NO4. The number of aliphatic hydroxyl groups excluding tert-OH is 1. The van der Waals surface area contributed by atoms with Crippen LogP contribution in [-0.4, -0.2) is 35.4 Å². The highest BCUT2D eigenvalue weighted by Gasteiger charge is 2.23. The van der Waals surface area contributed by atoms with Gasteiger partial charge in [-0.2, -0.15) is 0 Å². The molecular weight excluding hydrogens is 258 g/mol. The Bertz CT molecular complexity index is 436. The van der Waals surface area contributed by atoms with E-state index in [1.165, 1.54) is 0 Å². The number of carboxylic acids is 1. The van der Waals surface area contributed by atoms with E-state index < -0.39 is 18.1 Å². The molecule has 5 heteroatoms. The number of nitrogens with one attached hydrogen (secondary N) is 1. The highest BCUT2D eigenvalue weighted by Crippen LogP contribution is 2.22. The summed E-state index contributed by atoms with van der Waals surface area (Å²) in [6.07, 6.45) is 0.514. The predicted molar refractivity (Wildman–Crippen MR) is 76.9 cm³/mol. The Morgan fingerprint density at radius 1 is 1.45 bits per heavy atom. The molecule has 3 N–H and O–H groups in total. The highest BCUT2D eigenvalue weighted by molar-refractivity contribution is 5.73. The Balaban J connectivity index is 2.74. The smallest absolute Gasteiger partial charge is 0.320 e. The summed E-state index contributed by atoms with van der Waals surface area (Å²) in [6.45, 7) is 3.70.